The van der Waals surface area contributed by atoms with Crippen LogP contribution in [-0.4, -0.2) is 55.0 Å². The zero-order valence-corrected chi connectivity index (χ0v) is 19.6. The Hall–Kier alpha value is -4.00. The molecule has 2 amide bonds. The molecule has 2 atom stereocenters. The van der Waals surface area contributed by atoms with Crippen LogP contribution >= 0.6 is 11.6 Å². The lowest BCUT2D eigenvalue weighted by Gasteiger charge is -2.24. The van der Waals surface area contributed by atoms with Crippen molar-refractivity contribution in [2.45, 2.75) is 31.4 Å². The highest BCUT2D eigenvalue weighted by atomic mass is 35.5. The topological polar surface area (TPSA) is 119 Å². The lowest BCUT2D eigenvalue weighted by Crippen LogP contribution is -2.44. The van der Waals surface area contributed by atoms with Crippen molar-refractivity contribution in [2.24, 2.45) is 0 Å². The van der Waals surface area contributed by atoms with Crippen molar-refractivity contribution < 1.29 is 27.2 Å². The number of nitrogen functional groups attached to an aromatic ring is 1. The standard InChI is InChI=1S/C23H18ClF4N7O2/c24-16-2-1-3-17(32-16)33-22(37)15-7-12(25)8-34(15)18(36)9-35-14-5-4-11(23(26,27)28)6-13(14)19-20(29)30-10-31-21(19)35/h1-6,10,12,15H,7-9H2,(H2,29,30,31)(H,32,33,37)/t12-,15+/m1/s1. The first kappa shape index (κ1) is 24.7. The molecule has 1 aromatic carbocycles. The third kappa shape index (κ3) is 4.61. The van der Waals surface area contributed by atoms with Crippen LogP contribution in [0.5, 0.6) is 0 Å². The maximum absolute atomic E-state index is 14.4. The summed E-state index contributed by atoms with van der Waals surface area (Å²) in [6, 6.07) is 6.46. The van der Waals surface area contributed by atoms with Gasteiger partial charge in [-0.25, -0.2) is 19.3 Å². The van der Waals surface area contributed by atoms with E-state index in [9.17, 15) is 27.2 Å². The molecule has 1 aliphatic heterocycles. The summed E-state index contributed by atoms with van der Waals surface area (Å²) in [4.78, 5) is 39.3. The second kappa shape index (κ2) is 9.14. The molecule has 14 heteroatoms. The highest BCUT2D eigenvalue weighted by molar-refractivity contribution is 6.29. The summed E-state index contributed by atoms with van der Waals surface area (Å²) in [5.41, 5.74) is 5.44. The van der Waals surface area contributed by atoms with Crippen molar-refractivity contribution in [2.75, 3.05) is 17.6 Å². The summed E-state index contributed by atoms with van der Waals surface area (Å²) in [6.45, 7) is -0.750. The highest BCUT2D eigenvalue weighted by Gasteiger charge is 2.40. The van der Waals surface area contributed by atoms with Crippen molar-refractivity contribution in [3.8, 4) is 0 Å². The maximum atomic E-state index is 14.4. The first-order valence-corrected chi connectivity index (χ1v) is 11.4. The largest absolute Gasteiger partial charge is 0.416 e. The number of carbonyl (C=O) groups is 2. The molecule has 3 aromatic heterocycles. The van der Waals surface area contributed by atoms with E-state index in [1.165, 1.54) is 22.8 Å². The summed E-state index contributed by atoms with van der Waals surface area (Å²) < 4.78 is 55.8. The molecule has 0 unspecified atom stereocenters. The average Bonchev–Trinajstić information content (AvgIpc) is 3.37. The number of pyridine rings is 1. The van der Waals surface area contributed by atoms with E-state index in [4.69, 9.17) is 17.3 Å². The highest BCUT2D eigenvalue weighted by Crippen LogP contribution is 2.36. The number of carbonyl (C=O) groups excluding carboxylic acids is 2. The number of fused-ring (bicyclic) bond motifs is 3. The molecular formula is C23H18ClF4N7O2. The van der Waals surface area contributed by atoms with Gasteiger partial charge < -0.3 is 20.5 Å². The number of amides is 2. The Labute approximate surface area is 211 Å². The van der Waals surface area contributed by atoms with Crippen LogP contribution in [0.4, 0.5) is 29.2 Å². The first-order chi connectivity index (χ1) is 17.5. The number of rotatable bonds is 4. The van der Waals surface area contributed by atoms with Crippen LogP contribution in [0, 0.1) is 0 Å². The predicted molar refractivity (Wildman–Crippen MR) is 127 cm³/mol. The van der Waals surface area contributed by atoms with Gasteiger partial charge in [0.2, 0.25) is 11.8 Å². The van der Waals surface area contributed by atoms with Crippen LogP contribution in [0.1, 0.15) is 12.0 Å². The van der Waals surface area contributed by atoms with Gasteiger partial charge in [0, 0.05) is 11.8 Å². The minimum absolute atomic E-state index is 0.0585. The summed E-state index contributed by atoms with van der Waals surface area (Å²) >= 11 is 5.84. The molecule has 1 fully saturated rings. The Morgan fingerprint density at radius 1 is 1.19 bits per heavy atom. The molecule has 0 spiro atoms. The van der Waals surface area contributed by atoms with Gasteiger partial charge in [-0.05, 0) is 30.3 Å². The number of halogens is 5. The Morgan fingerprint density at radius 2 is 1.97 bits per heavy atom. The molecule has 0 radical (unpaired) electrons. The molecule has 4 aromatic rings. The van der Waals surface area contributed by atoms with E-state index < -0.39 is 42.3 Å². The molecule has 1 saturated heterocycles. The van der Waals surface area contributed by atoms with Crippen LogP contribution in [0.25, 0.3) is 21.9 Å². The van der Waals surface area contributed by atoms with E-state index >= 15 is 0 Å². The monoisotopic (exact) mass is 535 g/mol. The maximum Gasteiger partial charge on any atom is 0.416 e. The molecule has 0 aliphatic carbocycles. The summed E-state index contributed by atoms with van der Waals surface area (Å²) in [6.07, 6.45) is -5.15. The number of hydrogen-bond acceptors (Lipinski definition) is 6. The van der Waals surface area contributed by atoms with Gasteiger partial charge in [-0.1, -0.05) is 17.7 Å². The Balaban J connectivity index is 1.48. The van der Waals surface area contributed by atoms with Gasteiger partial charge in [0.15, 0.2) is 0 Å². The quantitative estimate of drug-likeness (QED) is 0.303. The molecule has 37 heavy (non-hydrogen) atoms. The fourth-order valence-corrected chi connectivity index (χ4v) is 4.66. The number of nitrogens with one attached hydrogen (secondary N) is 1. The van der Waals surface area contributed by atoms with E-state index in [1.54, 1.807) is 6.07 Å². The van der Waals surface area contributed by atoms with E-state index in [0.717, 1.165) is 23.4 Å². The molecule has 1 aliphatic rings. The number of benzene rings is 1. The number of anilines is 2. The van der Waals surface area contributed by atoms with Crippen LogP contribution in [-0.2, 0) is 22.3 Å². The van der Waals surface area contributed by atoms with Crippen LogP contribution in [0.15, 0.2) is 42.7 Å². The number of hydrogen-bond donors (Lipinski definition) is 2. The lowest BCUT2D eigenvalue weighted by atomic mass is 10.1. The summed E-state index contributed by atoms with van der Waals surface area (Å²) in [5, 5.41) is 2.94. The second-order valence-corrected chi connectivity index (χ2v) is 8.89. The molecular weight excluding hydrogens is 518 g/mol. The molecule has 3 N–H and O–H groups in total. The Kier molecular flexibility index (Phi) is 6.10. The zero-order valence-electron chi connectivity index (χ0n) is 18.8. The van der Waals surface area contributed by atoms with E-state index in [1.807, 2.05) is 0 Å². The fourth-order valence-electron chi connectivity index (χ4n) is 4.50. The summed E-state index contributed by atoms with van der Waals surface area (Å²) in [5.74, 6) is -1.19. The SMILES string of the molecule is Nc1ncnc2c1c1cc(C(F)(F)F)ccc1n2CC(=O)N1C[C@H](F)C[C@H]1C(=O)Nc1cccc(Cl)n1. The zero-order chi connectivity index (χ0) is 26.5. The minimum Gasteiger partial charge on any atom is -0.383 e. The van der Waals surface area contributed by atoms with E-state index in [-0.39, 0.29) is 51.7 Å². The van der Waals surface area contributed by atoms with Crippen molar-refractivity contribution in [1.82, 2.24) is 24.4 Å². The number of aromatic nitrogens is 4. The normalized spacial score (nSPS) is 18.0. The smallest absolute Gasteiger partial charge is 0.383 e. The van der Waals surface area contributed by atoms with E-state index in [2.05, 4.69) is 20.3 Å². The average molecular weight is 536 g/mol. The number of likely N-dealkylation sites (tertiary alicyclic amines) is 1. The van der Waals surface area contributed by atoms with Crippen molar-refractivity contribution >= 4 is 57.0 Å². The van der Waals surface area contributed by atoms with Gasteiger partial charge in [-0.3, -0.25) is 9.59 Å². The molecule has 0 saturated carbocycles. The van der Waals surface area contributed by atoms with Crippen molar-refractivity contribution in [1.29, 1.82) is 0 Å². The van der Waals surface area contributed by atoms with Gasteiger partial charge in [-0.15, -0.1) is 0 Å². The minimum atomic E-state index is -4.60. The Morgan fingerprint density at radius 3 is 2.70 bits per heavy atom. The third-order valence-corrected chi connectivity index (χ3v) is 6.34. The van der Waals surface area contributed by atoms with Crippen molar-refractivity contribution in [3.05, 3.63) is 53.4 Å². The van der Waals surface area contributed by atoms with Gasteiger partial charge in [0.1, 0.15) is 47.5 Å². The number of alkyl halides is 4. The fraction of sp³-hybridized carbons (Fsp3) is 0.261. The number of nitrogens with two attached hydrogens (primary N) is 1. The summed E-state index contributed by atoms with van der Waals surface area (Å²) in [7, 11) is 0. The third-order valence-electron chi connectivity index (χ3n) is 6.13. The molecule has 9 nitrogen and oxygen atoms in total. The van der Waals surface area contributed by atoms with Crippen molar-refractivity contribution in [3.63, 3.8) is 0 Å². The number of nitrogens with zero attached hydrogens (tertiary/aromatic N) is 5. The van der Waals surface area contributed by atoms with Gasteiger partial charge in [-0.2, -0.15) is 13.2 Å². The van der Waals surface area contributed by atoms with Crippen LogP contribution in [0.3, 0.4) is 0 Å². The van der Waals surface area contributed by atoms with Gasteiger partial charge in [0.25, 0.3) is 0 Å². The Bertz CT molecular complexity index is 1540. The predicted octanol–water partition coefficient (Wildman–Crippen LogP) is 3.81. The van der Waals surface area contributed by atoms with Crippen LogP contribution < -0.4 is 11.1 Å². The van der Waals surface area contributed by atoms with E-state index in [0.29, 0.717) is 0 Å². The lowest BCUT2D eigenvalue weighted by molar-refractivity contribution is -0.137. The van der Waals surface area contributed by atoms with Gasteiger partial charge in [0.05, 0.1) is 23.0 Å². The molecule has 5 rings (SSSR count). The molecule has 4 heterocycles. The van der Waals surface area contributed by atoms with Crippen LogP contribution in [0.2, 0.25) is 5.15 Å². The molecule has 0 bridgehead atoms. The molecule has 192 valence electrons. The van der Waals surface area contributed by atoms with Gasteiger partial charge >= 0.3 is 6.18 Å². The first-order valence-electron chi connectivity index (χ1n) is 11.0. The second-order valence-electron chi connectivity index (χ2n) is 8.50.